The molecule has 2 aromatic rings. The summed E-state index contributed by atoms with van der Waals surface area (Å²) in [5.41, 5.74) is 1.55. The average Bonchev–Trinajstić information content (AvgIpc) is 2.52. The predicted molar refractivity (Wildman–Crippen MR) is 75.3 cm³/mol. The molecule has 0 saturated heterocycles. The number of carboxylic acids is 1. The van der Waals surface area contributed by atoms with E-state index in [1.807, 2.05) is 24.3 Å². The highest BCUT2D eigenvalue weighted by Gasteiger charge is 2.11. The Morgan fingerprint density at radius 3 is 2.71 bits per heavy atom. The fraction of sp³-hybridized carbons (Fsp3) is 0.267. The van der Waals surface area contributed by atoms with E-state index >= 15 is 0 Å². The Morgan fingerprint density at radius 1 is 1.29 bits per heavy atom. The van der Waals surface area contributed by atoms with E-state index in [-0.39, 0.29) is 12.2 Å². The third-order valence-electron chi connectivity index (χ3n) is 2.92. The second kappa shape index (κ2) is 7.35. The van der Waals surface area contributed by atoms with Crippen LogP contribution >= 0.6 is 0 Å². The summed E-state index contributed by atoms with van der Waals surface area (Å²) in [5.74, 6) is -0.407. The molecule has 1 aromatic carbocycles. The van der Waals surface area contributed by atoms with Crippen LogP contribution in [0.15, 0.2) is 36.8 Å². The number of nitrogens with zero attached hydrogens (tertiary/aromatic N) is 2. The van der Waals surface area contributed by atoms with Gasteiger partial charge in [-0.15, -0.1) is 0 Å². The third-order valence-corrected chi connectivity index (χ3v) is 2.92. The normalized spacial score (nSPS) is 10.3. The molecule has 0 bridgehead atoms. The minimum atomic E-state index is -1.07. The third kappa shape index (κ3) is 4.25. The Labute approximate surface area is 122 Å². The van der Waals surface area contributed by atoms with Crippen molar-refractivity contribution >= 4 is 5.97 Å². The van der Waals surface area contributed by atoms with Crippen molar-refractivity contribution in [2.24, 2.45) is 0 Å². The van der Waals surface area contributed by atoms with E-state index < -0.39 is 5.97 Å². The molecule has 0 saturated carbocycles. The lowest BCUT2D eigenvalue weighted by Crippen LogP contribution is -2.08. The Hall–Kier alpha value is -2.47. The van der Waals surface area contributed by atoms with Crippen LogP contribution in [-0.4, -0.2) is 34.8 Å². The molecule has 0 aliphatic rings. The maximum atomic E-state index is 11.0. The van der Waals surface area contributed by atoms with E-state index in [1.54, 1.807) is 7.11 Å². The predicted octanol–water partition coefficient (Wildman–Crippen LogP) is 1.94. The number of aromatic carboxylic acids is 1. The van der Waals surface area contributed by atoms with E-state index in [4.69, 9.17) is 14.6 Å². The first-order valence-corrected chi connectivity index (χ1v) is 6.43. The van der Waals surface area contributed by atoms with Gasteiger partial charge in [-0.2, -0.15) is 0 Å². The fourth-order valence-electron chi connectivity index (χ4n) is 1.77. The van der Waals surface area contributed by atoms with Crippen LogP contribution in [0.2, 0.25) is 0 Å². The number of carboxylic acid groups (broad SMARTS) is 1. The van der Waals surface area contributed by atoms with Crippen molar-refractivity contribution in [1.29, 1.82) is 0 Å². The molecule has 0 amide bonds. The largest absolute Gasteiger partial charge is 0.487 e. The van der Waals surface area contributed by atoms with Crippen LogP contribution in [0.1, 0.15) is 21.6 Å². The molecule has 110 valence electrons. The highest BCUT2D eigenvalue weighted by molar-refractivity contribution is 5.88. The van der Waals surface area contributed by atoms with Crippen molar-refractivity contribution in [3.05, 3.63) is 53.6 Å². The van der Waals surface area contributed by atoms with Crippen LogP contribution in [-0.2, 0) is 17.8 Å². The van der Waals surface area contributed by atoms with Gasteiger partial charge in [0, 0.05) is 13.3 Å². The Balaban J connectivity index is 1.98. The quantitative estimate of drug-likeness (QED) is 0.838. The number of hydrogen-bond donors (Lipinski definition) is 1. The lowest BCUT2D eigenvalue weighted by Gasteiger charge is -2.08. The molecule has 0 spiro atoms. The SMILES string of the molecule is COCCc1ccc(OCc2ncncc2C(=O)O)cc1. The zero-order valence-electron chi connectivity index (χ0n) is 11.7. The second-order valence-electron chi connectivity index (χ2n) is 4.36. The van der Waals surface area contributed by atoms with Crippen molar-refractivity contribution in [3.8, 4) is 5.75 Å². The summed E-state index contributed by atoms with van der Waals surface area (Å²) in [5, 5.41) is 9.03. The van der Waals surface area contributed by atoms with E-state index in [2.05, 4.69) is 9.97 Å². The molecule has 0 aliphatic carbocycles. The number of benzene rings is 1. The number of rotatable bonds is 7. The zero-order valence-corrected chi connectivity index (χ0v) is 11.7. The van der Waals surface area contributed by atoms with Gasteiger partial charge in [-0.25, -0.2) is 14.8 Å². The highest BCUT2D eigenvalue weighted by atomic mass is 16.5. The molecular weight excluding hydrogens is 272 g/mol. The summed E-state index contributed by atoms with van der Waals surface area (Å²) in [6.07, 6.45) is 3.41. The summed E-state index contributed by atoms with van der Waals surface area (Å²) in [4.78, 5) is 18.7. The lowest BCUT2D eigenvalue weighted by molar-refractivity contribution is 0.0692. The van der Waals surface area contributed by atoms with Crippen LogP contribution in [0, 0.1) is 0 Å². The molecule has 0 atom stereocenters. The van der Waals surface area contributed by atoms with Gasteiger partial charge in [-0.05, 0) is 24.1 Å². The molecule has 6 heteroatoms. The molecule has 0 unspecified atom stereocenters. The summed E-state index contributed by atoms with van der Waals surface area (Å²) in [6, 6.07) is 7.58. The van der Waals surface area contributed by atoms with Crippen LogP contribution < -0.4 is 4.74 Å². The lowest BCUT2D eigenvalue weighted by atomic mass is 10.1. The van der Waals surface area contributed by atoms with E-state index in [0.29, 0.717) is 18.1 Å². The van der Waals surface area contributed by atoms with Crippen LogP contribution in [0.5, 0.6) is 5.75 Å². The maximum Gasteiger partial charge on any atom is 0.339 e. The number of aromatic nitrogens is 2. The maximum absolute atomic E-state index is 11.0. The van der Waals surface area contributed by atoms with Gasteiger partial charge in [0.15, 0.2) is 0 Å². The molecule has 0 radical (unpaired) electrons. The summed E-state index contributed by atoms with van der Waals surface area (Å²) < 4.78 is 10.6. The molecule has 1 aromatic heterocycles. The second-order valence-corrected chi connectivity index (χ2v) is 4.36. The van der Waals surface area contributed by atoms with E-state index in [1.165, 1.54) is 12.5 Å². The topological polar surface area (TPSA) is 81.5 Å². The number of hydrogen-bond acceptors (Lipinski definition) is 5. The number of carbonyl (C=O) groups is 1. The molecule has 0 fully saturated rings. The van der Waals surface area contributed by atoms with Crippen molar-refractivity contribution in [2.45, 2.75) is 13.0 Å². The summed E-state index contributed by atoms with van der Waals surface area (Å²) in [7, 11) is 1.67. The first-order valence-electron chi connectivity index (χ1n) is 6.43. The van der Waals surface area contributed by atoms with E-state index in [9.17, 15) is 4.79 Å². The van der Waals surface area contributed by atoms with Gasteiger partial charge in [-0.1, -0.05) is 12.1 Å². The van der Waals surface area contributed by atoms with Gasteiger partial charge in [0.2, 0.25) is 0 Å². The fourth-order valence-corrected chi connectivity index (χ4v) is 1.77. The van der Waals surface area contributed by atoms with Crippen LogP contribution in [0.3, 0.4) is 0 Å². The Bertz CT molecular complexity index is 599. The van der Waals surface area contributed by atoms with Crippen molar-refractivity contribution in [3.63, 3.8) is 0 Å². The van der Waals surface area contributed by atoms with Crippen LogP contribution in [0.4, 0.5) is 0 Å². The van der Waals surface area contributed by atoms with Gasteiger partial charge in [0.05, 0.1) is 12.3 Å². The van der Waals surface area contributed by atoms with Crippen LogP contribution in [0.25, 0.3) is 0 Å². The molecule has 1 N–H and O–H groups in total. The Morgan fingerprint density at radius 2 is 2.05 bits per heavy atom. The van der Waals surface area contributed by atoms with Gasteiger partial charge in [-0.3, -0.25) is 0 Å². The molecule has 6 nitrogen and oxygen atoms in total. The van der Waals surface area contributed by atoms with Gasteiger partial charge in [0.25, 0.3) is 0 Å². The van der Waals surface area contributed by atoms with Crippen molar-refractivity contribution in [1.82, 2.24) is 9.97 Å². The standard InChI is InChI=1S/C15H16N2O4/c1-20-7-6-11-2-4-12(5-3-11)21-9-14-13(15(18)19)8-16-10-17-14/h2-5,8,10H,6-7,9H2,1H3,(H,18,19). The number of ether oxygens (including phenoxy) is 2. The zero-order chi connectivity index (χ0) is 15.1. The van der Waals surface area contributed by atoms with Crippen molar-refractivity contribution < 1.29 is 19.4 Å². The summed E-state index contributed by atoms with van der Waals surface area (Å²) >= 11 is 0. The molecule has 21 heavy (non-hydrogen) atoms. The minimum absolute atomic E-state index is 0.0502. The minimum Gasteiger partial charge on any atom is -0.487 e. The first kappa shape index (κ1) is 14.9. The summed E-state index contributed by atoms with van der Waals surface area (Å²) in [6.45, 7) is 0.755. The van der Waals surface area contributed by atoms with Crippen molar-refractivity contribution in [2.75, 3.05) is 13.7 Å². The van der Waals surface area contributed by atoms with Gasteiger partial charge < -0.3 is 14.6 Å². The average molecular weight is 288 g/mol. The highest BCUT2D eigenvalue weighted by Crippen LogP contribution is 2.15. The molecular formula is C15H16N2O4. The Kier molecular flexibility index (Phi) is 5.22. The van der Waals surface area contributed by atoms with E-state index in [0.717, 1.165) is 12.0 Å². The first-order chi connectivity index (χ1) is 10.2. The monoisotopic (exact) mass is 288 g/mol. The van der Waals surface area contributed by atoms with Gasteiger partial charge >= 0.3 is 5.97 Å². The molecule has 0 aliphatic heterocycles. The molecule has 2 rings (SSSR count). The van der Waals surface area contributed by atoms with Gasteiger partial charge in [0.1, 0.15) is 24.2 Å². The number of methoxy groups -OCH3 is 1. The smallest absolute Gasteiger partial charge is 0.339 e. The molecule has 1 heterocycles.